The molecule has 1 amide bonds. The number of thiophene rings is 1. The van der Waals surface area contributed by atoms with E-state index in [1.165, 1.54) is 11.3 Å². The van der Waals surface area contributed by atoms with Crippen LogP contribution in [0.4, 0.5) is 0 Å². The first-order chi connectivity index (χ1) is 11.6. The van der Waals surface area contributed by atoms with Gasteiger partial charge in [-0.15, -0.1) is 11.3 Å². The summed E-state index contributed by atoms with van der Waals surface area (Å²) in [7, 11) is 0. The molecule has 1 saturated heterocycles. The number of likely N-dealkylation sites (tertiary alicyclic amines) is 1. The maximum atomic E-state index is 12.3. The zero-order valence-electron chi connectivity index (χ0n) is 13.1. The SMILES string of the molecule is O=C(OCc1ccccc1Br)C1CCN(C(=O)c2cccs2)CC1. The van der Waals surface area contributed by atoms with Crippen molar-refractivity contribution in [3.8, 4) is 0 Å². The Morgan fingerprint density at radius 1 is 1.17 bits per heavy atom. The van der Waals surface area contributed by atoms with E-state index in [-0.39, 0.29) is 24.4 Å². The van der Waals surface area contributed by atoms with Crippen LogP contribution in [-0.2, 0) is 16.1 Å². The van der Waals surface area contributed by atoms with Crippen LogP contribution in [0.3, 0.4) is 0 Å². The minimum atomic E-state index is -0.172. The number of amides is 1. The molecule has 6 heteroatoms. The Morgan fingerprint density at radius 2 is 1.92 bits per heavy atom. The molecule has 0 spiro atoms. The van der Waals surface area contributed by atoms with Crippen LogP contribution in [0.15, 0.2) is 46.3 Å². The molecule has 24 heavy (non-hydrogen) atoms. The van der Waals surface area contributed by atoms with Crippen molar-refractivity contribution in [2.45, 2.75) is 19.4 Å². The molecule has 0 unspecified atom stereocenters. The standard InChI is InChI=1S/C18H18BrNO3S/c19-15-5-2-1-4-14(15)12-23-18(22)13-7-9-20(10-8-13)17(21)16-6-3-11-24-16/h1-6,11,13H,7-10,12H2. The summed E-state index contributed by atoms with van der Waals surface area (Å²) in [5.74, 6) is -0.237. The van der Waals surface area contributed by atoms with Gasteiger partial charge in [0.2, 0.25) is 0 Å². The highest BCUT2D eigenvalue weighted by Gasteiger charge is 2.29. The average molecular weight is 408 g/mol. The Balaban J connectivity index is 1.48. The van der Waals surface area contributed by atoms with E-state index in [0.717, 1.165) is 14.9 Å². The molecule has 1 aliphatic rings. The molecule has 0 radical (unpaired) electrons. The second-order valence-corrected chi connectivity index (χ2v) is 7.54. The van der Waals surface area contributed by atoms with E-state index in [4.69, 9.17) is 4.74 Å². The molecule has 4 nitrogen and oxygen atoms in total. The lowest BCUT2D eigenvalue weighted by molar-refractivity contribution is -0.151. The third kappa shape index (κ3) is 4.05. The molecule has 2 heterocycles. The van der Waals surface area contributed by atoms with Gasteiger partial charge in [-0.25, -0.2) is 0 Å². The van der Waals surface area contributed by atoms with Gasteiger partial charge >= 0.3 is 5.97 Å². The summed E-state index contributed by atoms with van der Waals surface area (Å²) in [6, 6.07) is 11.4. The van der Waals surface area contributed by atoms with Crippen molar-refractivity contribution in [2.24, 2.45) is 5.92 Å². The summed E-state index contributed by atoms with van der Waals surface area (Å²) >= 11 is 4.90. The molecule has 1 fully saturated rings. The van der Waals surface area contributed by atoms with Crippen LogP contribution in [0, 0.1) is 5.92 Å². The van der Waals surface area contributed by atoms with Crippen LogP contribution in [0.25, 0.3) is 0 Å². The summed E-state index contributed by atoms with van der Waals surface area (Å²) in [6.07, 6.45) is 1.32. The highest BCUT2D eigenvalue weighted by molar-refractivity contribution is 9.10. The number of hydrogen-bond acceptors (Lipinski definition) is 4. The van der Waals surface area contributed by atoms with Crippen molar-refractivity contribution < 1.29 is 14.3 Å². The number of halogens is 1. The minimum absolute atomic E-state index is 0.0602. The molecule has 1 aromatic carbocycles. The fourth-order valence-corrected chi connectivity index (χ4v) is 3.85. The summed E-state index contributed by atoms with van der Waals surface area (Å²) < 4.78 is 6.39. The van der Waals surface area contributed by atoms with E-state index in [2.05, 4.69) is 15.9 Å². The van der Waals surface area contributed by atoms with Gasteiger partial charge in [0.15, 0.2) is 0 Å². The maximum Gasteiger partial charge on any atom is 0.309 e. The van der Waals surface area contributed by atoms with Gasteiger partial charge < -0.3 is 9.64 Å². The smallest absolute Gasteiger partial charge is 0.309 e. The number of carbonyl (C=O) groups is 2. The number of ether oxygens (including phenoxy) is 1. The molecule has 0 saturated carbocycles. The van der Waals surface area contributed by atoms with Crippen LogP contribution in [0.2, 0.25) is 0 Å². The van der Waals surface area contributed by atoms with Gasteiger partial charge in [-0.05, 0) is 30.4 Å². The van der Waals surface area contributed by atoms with Crippen LogP contribution >= 0.6 is 27.3 Å². The first kappa shape index (κ1) is 17.2. The van der Waals surface area contributed by atoms with Gasteiger partial charge in [0.05, 0.1) is 10.8 Å². The van der Waals surface area contributed by atoms with Crippen molar-refractivity contribution in [3.63, 3.8) is 0 Å². The second kappa shape index (κ2) is 7.94. The lowest BCUT2D eigenvalue weighted by atomic mass is 9.97. The Bertz CT molecular complexity index is 709. The molecule has 1 aromatic heterocycles. The van der Waals surface area contributed by atoms with Gasteiger partial charge in [0, 0.05) is 23.1 Å². The summed E-state index contributed by atoms with van der Waals surface area (Å²) in [5, 5.41) is 1.90. The Morgan fingerprint density at radius 3 is 2.58 bits per heavy atom. The first-order valence-electron chi connectivity index (χ1n) is 7.88. The second-order valence-electron chi connectivity index (χ2n) is 5.74. The summed E-state index contributed by atoms with van der Waals surface area (Å²) in [6.45, 7) is 1.48. The highest BCUT2D eigenvalue weighted by atomic mass is 79.9. The fourth-order valence-electron chi connectivity index (χ4n) is 2.76. The predicted molar refractivity (Wildman–Crippen MR) is 96.9 cm³/mol. The van der Waals surface area contributed by atoms with Gasteiger partial charge in [-0.3, -0.25) is 9.59 Å². The number of esters is 1. The Labute approximate surface area is 153 Å². The van der Waals surface area contributed by atoms with Crippen LogP contribution in [0.5, 0.6) is 0 Å². The van der Waals surface area contributed by atoms with Crippen molar-refractivity contribution >= 4 is 39.1 Å². The van der Waals surface area contributed by atoms with E-state index in [1.54, 1.807) is 0 Å². The van der Waals surface area contributed by atoms with Gasteiger partial charge in [0.25, 0.3) is 5.91 Å². The van der Waals surface area contributed by atoms with Crippen molar-refractivity contribution in [1.29, 1.82) is 0 Å². The number of rotatable bonds is 4. The van der Waals surface area contributed by atoms with Crippen molar-refractivity contribution in [1.82, 2.24) is 4.90 Å². The van der Waals surface area contributed by atoms with E-state index in [1.807, 2.05) is 46.7 Å². The van der Waals surface area contributed by atoms with Crippen molar-refractivity contribution in [2.75, 3.05) is 13.1 Å². The number of benzene rings is 1. The largest absolute Gasteiger partial charge is 0.461 e. The molecule has 0 N–H and O–H groups in total. The predicted octanol–water partition coefficient (Wildman–Crippen LogP) is 4.11. The molecule has 126 valence electrons. The van der Waals surface area contributed by atoms with Gasteiger partial charge in [-0.2, -0.15) is 0 Å². The van der Waals surface area contributed by atoms with Crippen LogP contribution < -0.4 is 0 Å². The number of nitrogens with zero attached hydrogens (tertiary/aromatic N) is 1. The third-order valence-electron chi connectivity index (χ3n) is 4.18. The number of hydrogen-bond donors (Lipinski definition) is 0. The van der Waals surface area contributed by atoms with Gasteiger partial charge in [-0.1, -0.05) is 40.2 Å². The topological polar surface area (TPSA) is 46.6 Å². The highest BCUT2D eigenvalue weighted by Crippen LogP contribution is 2.23. The van der Waals surface area contributed by atoms with E-state index >= 15 is 0 Å². The van der Waals surface area contributed by atoms with E-state index in [9.17, 15) is 9.59 Å². The monoisotopic (exact) mass is 407 g/mol. The minimum Gasteiger partial charge on any atom is -0.461 e. The number of carbonyl (C=O) groups excluding carboxylic acids is 2. The van der Waals surface area contributed by atoms with Crippen LogP contribution in [0.1, 0.15) is 28.1 Å². The van der Waals surface area contributed by atoms with E-state index in [0.29, 0.717) is 25.9 Å². The quantitative estimate of drug-likeness (QED) is 0.716. The molecule has 1 aliphatic heterocycles. The zero-order valence-corrected chi connectivity index (χ0v) is 15.5. The Kier molecular flexibility index (Phi) is 5.68. The lowest BCUT2D eigenvalue weighted by Crippen LogP contribution is -2.40. The average Bonchev–Trinajstić information content (AvgIpc) is 3.15. The molecular weight excluding hydrogens is 390 g/mol. The maximum absolute atomic E-state index is 12.3. The van der Waals surface area contributed by atoms with Crippen LogP contribution in [-0.4, -0.2) is 29.9 Å². The lowest BCUT2D eigenvalue weighted by Gasteiger charge is -2.30. The normalized spacial score (nSPS) is 15.3. The molecular formula is C18H18BrNO3S. The summed E-state index contributed by atoms with van der Waals surface area (Å²) in [4.78, 5) is 27.1. The van der Waals surface area contributed by atoms with E-state index < -0.39 is 0 Å². The third-order valence-corrected chi connectivity index (χ3v) is 5.81. The molecule has 0 atom stereocenters. The summed E-state index contributed by atoms with van der Waals surface area (Å²) in [5.41, 5.74) is 0.955. The Hall–Kier alpha value is -1.66. The molecule has 3 rings (SSSR count). The zero-order chi connectivity index (χ0) is 16.9. The number of piperidine rings is 1. The first-order valence-corrected chi connectivity index (χ1v) is 9.55. The molecule has 0 bridgehead atoms. The molecule has 2 aromatic rings. The fraction of sp³-hybridized carbons (Fsp3) is 0.333. The van der Waals surface area contributed by atoms with Crippen molar-refractivity contribution in [3.05, 3.63) is 56.7 Å². The van der Waals surface area contributed by atoms with Gasteiger partial charge in [0.1, 0.15) is 6.61 Å². The molecule has 0 aliphatic carbocycles.